The van der Waals surface area contributed by atoms with Gasteiger partial charge in [-0.05, 0) is 38.0 Å². The number of halogens is 1. The first kappa shape index (κ1) is 20.8. The summed E-state index contributed by atoms with van der Waals surface area (Å²) in [6.07, 6.45) is 3.98. The van der Waals surface area contributed by atoms with E-state index >= 15 is 0 Å². The molecule has 6 nitrogen and oxygen atoms in total. The van der Waals surface area contributed by atoms with Crippen molar-refractivity contribution in [2.24, 2.45) is 4.99 Å². The van der Waals surface area contributed by atoms with Crippen LogP contribution in [0.4, 0.5) is 10.1 Å². The Kier molecular flexibility index (Phi) is 5.59. The summed E-state index contributed by atoms with van der Waals surface area (Å²) in [7, 11) is 0. The number of aromatic carboxylic acids is 1. The van der Waals surface area contributed by atoms with Gasteiger partial charge in [0.05, 0.1) is 17.2 Å². The number of rotatable bonds is 5. The zero-order valence-corrected chi connectivity index (χ0v) is 17.5. The van der Waals surface area contributed by atoms with E-state index in [2.05, 4.69) is 4.99 Å². The third kappa shape index (κ3) is 4.08. The molecule has 0 bridgehead atoms. The first-order valence-corrected chi connectivity index (χ1v) is 10.3. The van der Waals surface area contributed by atoms with Gasteiger partial charge in [0.25, 0.3) is 0 Å². The highest BCUT2D eigenvalue weighted by atomic mass is 19.1. The molecule has 0 amide bonds. The second-order valence-electron chi connectivity index (χ2n) is 7.86. The number of carboxylic acid groups (broad SMARTS) is 1. The van der Waals surface area contributed by atoms with Gasteiger partial charge in [0.2, 0.25) is 5.43 Å². The van der Waals surface area contributed by atoms with Gasteiger partial charge in [0.1, 0.15) is 11.4 Å². The standard InChI is InChI=1S/C24H24FN3O3/c1-3-27-14-19(24(30)31)23(29)18-10-20(25)22(11-21(18)27)28-9-8-17(13-28)26-12-16-6-4-15(2)5-7-16/h4-7,10-12,14,17H,3,8-9,13H2,1-2H3,(H,30,31). The van der Waals surface area contributed by atoms with E-state index in [0.29, 0.717) is 30.8 Å². The number of carbonyl (C=O) groups is 1. The Morgan fingerprint density at radius 1 is 1.29 bits per heavy atom. The highest BCUT2D eigenvalue weighted by molar-refractivity contribution is 5.93. The van der Waals surface area contributed by atoms with Crippen LogP contribution in [0, 0.1) is 12.7 Å². The van der Waals surface area contributed by atoms with E-state index in [0.717, 1.165) is 18.1 Å². The van der Waals surface area contributed by atoms with Crippen molar-refractivity contribution in [3.05, 3.63) is 75.3 Å². The summed E-state index contributed by atoms with van der Waals surface area (Å²) in [4.78, 5) is 30.5. The molecule has 1 atom stereocenters. The summed E-state index contributed by atoms with van der Waals surface area (Å²) in [5.41, 5.74) is 2.14. The highest BCUT2D eigenvalue weighted by Gasteiger charge is 2.25. The Balaban J connectivity index is 1.63. The molecule has 0 aliphatic carbocycles. The quantitative estimate of drug-likeness (QED) is 0.635. The first-order valence-electron chi connectivity index (χ1n) is 10.3. The molecule has 160 valence electrons. The van der Waals surface area contributed by atoms with Crippen LogP contribution in [0.1, 0.15) is 34.8 Å². The van der Waals surface area contributed by atoms with Crippen LogP contribution in [-0.4, -0.2) is 41.0 Å². The van der Waals surface area contributed by atoms with Crippen molar-refractivity contribution in [2.75, 3.05) is 18.0 Å². The summed E-state index contributed by atoms with van der Waals surface area (Å²) in [6, 6.07) is 11.0. The fourth-order valence-corrected chi connectivity index (χ4v) is 3.98. The Morgan fingerprint density at radius 2 is 2.03 bits per heavy atom. The number of aliphatic imine (C=N–C) groups is 1. The zero-order valence-electron chi connectivity index (χ0n) is 17.5. The van der Waals surface area contributed by atoms with Crippen molar-refractivity contribution in [1.29, 1.82) is 0 Å². The van der Waals surface area contributed by atoms with E-state index in [1.54, 1.807) is 10.6 Å². The molecule has 1 aliphatic rings. The van der Waals surface area contributed by atoms with Crippen molar-refractivity contribution >= 4 is 28.8 Å². The van der Waals surface area contributed by atoms with Gasteiger partial charge >= 0.3 is 5.97 Å². The lowest BCUT2D eigenvalue weighted by molar-refractivity contribution is 0.0695. The number of pyridine rings is 1. The maximum atomic E-state index is 15.0. The molecular weight excluding hydrogens is 397 g/mol. The Morgan fingerprint density at radius 3 is 2.71 bits per heavy atom. The fraction of sp³-hybridized carbons (Fsp3) is 0.292. The van der Waals surface area contributed by atoms with Gasteiger partial charge in [-0.25, -0.2) is 9.18 Å². The summed E-state index contributed by atoms with van der Waals surface area (Å²) in [5, 5.41) is 9.37. The molecule has 2 aromatic carbocycles. The van der Waals surface area contributed by atoms with Crippen LogP contribution in [-0.2, 0) is 6.54 Å². The summed E-state index contributed by atoms with van der Waals surface area (Å²) in [6.45, 7) is 5.58. The Bertz CT molecular complexity index is 1230. The molecule has 0 radical (unpaired) electrons. The third-order valence-electron chi connectivity index (χ3n) is 5.74. The number of nitrogens with zero attached hydrogens (tertiary/aromatic N) is 3. The molecule has 1 unspecified atom stereocenters. The van der Waals surface area contributed by atoms with Gasteiger partial charge in [-0.2, -0.15) is 0 Å². The minimum atomic E-state index is -1.31. The molecule has 31 heavy (non-hydrogen) atoms. The number of carboxylic acids is 1. The summed E-state index contributed by atoms with van der Waals surface area (Å²) in [5.74, 6) is -1.84. The molecule has 1 N–H and O–H groups in total. The predicted octanol–water partition coefficient (Wildman–Crippen LogP) is 3.86. The van der Waals surface area contributed by atoms with Gasteiger partial charge in [0, 0.05) is 37.4 Å². The van der Waals surface area contributed by atoms with E-state index in [4.69, 9.17) is 0 Å². The molecular formula is C24H24FN3O3. The largest absolute Gasteiger partial charge is 0.477 e. The molecule has 3 aromatic rings. The minimum absolute atomic E-state index is 0.0548. The van der Waals surface area contributed by atoms with Crippen LogP contribution in [0.15, 0.2) is 52.4 Å². The van der Waals surface area contributed by atoms with Gasteiger partial charge in [-0.3, -0.25) is 9.79 Å². The van der Waals surface area contributed by atoms with Crippen molar-refractivity contribution < 1.29 is 14.3 Å². The summed E-state index contributed by atoms with van der Waals surface area (Å²) >= 11 is 0. The normalized spacial score (nSPS) is 16.5. The lowest BCUT2D eigenvalue weighted by atomic mass is 10.1. The number of fused-ring (bicyclic) bond motifs is 1. The average molecular weight is 421 g/mol. The van der Waals surface area contributed by atoms with Crippen molar-refractivity contribution in [1.82, 2.24) is 4.57 Å². The SMILES string of the molecule is CCn1cc(C(=O)O)c(=O)c2cc(F)c(N3CCC(N=Cc4ccc(C)cc4)C3)cc21. The number of aryl methyl sites for hydroxylation is 2. The Labute approximate surface area is 179 Å². The highest BCUT2D eigenvalue weighted by Crippen LogP contribution is 2.29. The molecule has 1 aliphatic heterocycles. The smallest absolute Gasteiger partial charge is 0.341 e. The number of benzene rings is 2. The van der Waals surface area contributed by atoms with Crippen molar-refractivity contribution in [2.45, 2.75) is 32.9 Å². The van der Waals surface area contributed by atoms with Crippen LogP contribution < -0.4 is 10.3 Å². The zero-order chi connectivity index (χ0) is 22.1. The maximum Gasteiger partial charge on any atom is 0.341 e. The molecule has 1 fully saturated rings. The monoisotopic (exact) mass is 421 g/mol. The van der Waals surface area contributed by atoms with E-state index < -0.39 is 17.2 Å². The number of hydrogen-bond acceptors (Lipinski definition) is 4. The number of anilines is 1. The molecule has 1 saturated heterocycles. The second kappa shape index (κ2) is 8.34. The molecule has 0 saturated carbocycles. The van der Waals surface area contributed by atoms with Crippen LogP contribution in [0.5, 0.6) is 0 Å². The Hall–Kier alpha value is -3.48. The minimum Gasteiger partial charge on any atom is -0.477 e. The predicted molar refractivity (Wildman–Crippen MR) is 120 cm³/mol. The topological polar surface area (TPSA) is 74.9 Å². The van der Waals surface area contributed by atoms with Crippen molar-refractivity contribution in [3.63, 3.8) is 0 Å². The van der Waals surface area contributed by atoms with Gasteiger partial charge in [-0.1, -0.05) is 29.8 Å². The van der Waals surface area contributed by atoms with Crippen LogP contribution in [0.25, 0.3) is 10.9 Å². The average Bonchev–Trinajstić information content (AvgIpc) is 3.22. The maximum absolute atomic E-state index is 15.0. The van der Waals surface area contributed by atoms with Gasteiger partial charge in [0.15, 0.2) is 0 Å². The van der Waals surface area contributed by atoms with Crippen LogP contribution >= 0.6 is 0 Å². The van der Waals surface area contributed by atoms with Gasteiger partial charge < -0.3 is 14.6 Å². The molecule has 7 heteroatoms. The van der Waals surface area contributed by atoms with E-state index in [-0.39, 0.29) is 17.0 Å². The lowest BCUT2D eigenvalue weighted by Crippen LogP contribution is -2.23. The van der Waals surface area contributed by atoms with E-state index in [9.17, 15) is 19.1 Å². The lowest BCUT2D eigenvalue weighted by Gasteiger charge is -2.20. The van der Waals surface area contributed by atoms with Crippen LogP contribution in [0.3, 0.4) is 0 Å². The number of hydrogen-bond donors (Lipinski definition) is 1. The molecule has 2 heterocycles. The molecule has 4 rings (SSSR count). The van der Waals surface area contributed by atoms with Crippen molar-refractivity contribution in [3.8, 4) is 0 Å². The summed E-state index contributed by atoms with van der Waals surface area (Å²) < 4.78 is 16.6. The second-order valence-corrected chi connectivity index (χ2v) is 7.86. The van der Waals surface area contributed by atoms with E-state index in [1.807, 2.05) is 49.2 Å². The van der Waals surface area contributed by atoms with E-state index in [1.165, 1.54) is 11.8 Å². The molecule has 0 spiro atoms. The number of aromatic nitrogens is 1. The first-order chi connectivity index (χ1) is 14.9. The fourth-order valence-electron chi connectivity index (χ4n) is 3.98. The van der Waals surface area contributed by atoms with Crippen LogP contribution in [0.2, 0.25) is 0 Å². The molecule has 1 aromatic heterocycles. The van der Waals surface area contributed by atoms with Gasteiger partial charge in [-0.15, -0.1) is 0 Å². The third-order valence-corrected chi connectivity index (χ3v) is 5.74.